The van der Waals surface area contributed by atoms with Crippen LogP contribution in [-0.2, 0) is 10.8 Å². The molecule has 3 heterocycles. The van der Waals surface area contributed by atoms with Crippen molar-refractivity contribution in [2.45, 2.75) is 10.6 Å². The van der Waals surface area contributed by atoms with E-state index in [1.54, 1.807) is 11.3 Å². The minimum atomic E-state index is -1.16. The highest BCUT2D eigenvalue weighted by Crippen LogP contribution is 2.43. The number of nitrogens with two attached hydrogens (primary N) is 1. The van der Waals surface area contributed by atoms with Gasteiger partial charge in [0.1, 0.15) is 9.04 Å². The number of pyridine rings is 1. The molecule has 1 aromatic carbocycles. The summed E-state index contributed by atoms with van der Waals surface area (Å²) in [5.41, 5.74) is 31.6. The molecule has 0 saturated heterocycles. The van der Waals surface area contributed by atoms with Crippen molar-refractivity contribution in [1.82, 2.24) is 4.98 Å². The maximum atomic E-state index is 12.7. The molecule has 1 unspecified atom stereocenters. The van der Waals surface area contributed by atoms with Crippen LogP contribution in [0.2, 0.25) is 0 Å². The Morgan fingerprint density at radius 2 is 1.52 bits per heavy atom. The number of halogens is 1. The summed E-state index contributed by atoms with van der Waals surface area (Å²) in [4.78, 5) is 6.76. The lowest BCUT2D eigenvalue weighted by Gasteiger charge is -2.08. The van der Waals surface area contributed by atoms with Crippen LogP contribution >= 0.6 is 34.3 Å². The highest BCUT2D eigenvalue weighted by Gasteiger charge is 2.20. The zero-order valence-corrected chi connectivity index (χ0v) is 24.9. The van der Waals surface area contributed by atoms with Crippen molar-refractivity contribution in [3.63, 3.8) is 0 Å². The molecular weight excluding hydrogens is 572 g/mol. The van der Waals surface area contributed by atoms with Crippen LogP contribution in [0.5, 0.6) is 0 Å². The van der Waals surface area contributed by atoms with Crippen LogP contribution in [-0.4, -0.2) is 20.8 Å². The number of alkyl halides is 1. The predicted molar refractivity (Wildman–Crippen MR) is 174 cm³/mol. The van der Waals surface area contributed by atoms with Crippen LogP contribution in [0.25, 0.3) is 31.9 Å². The van der Waals surface area contributed by atoms with Gasteiger partial charge in [-0.2, -0.15) is 0 Å². The van der Waals surface area contributed by atoms with Crippen LogP contribution in [0.3, 0.4) is 0 Å². The Morgan fingerprint density at radius 3 is 2.08 bits per heavy atom. The van der Waals surface area contributed by atoms with E-state index in [2.05, 4.69) is 102 Å². The Hall–Kier alpha value is -4.23. The third-order valence-electron chi connectivity index (χ3n) is 4.73. The standard InChI is InChI=1S/C20H17ClN2OS3.C7H4.C6H4/c21-9-5-11-27(24)20-18(22)17-14(13-6-2-1-3-7-13)12-15(23-19(17)26-20)16-8-4-10-25-16;1-3-5-7-6-4-2;1-3-5-6-4-2/h1-4,6-8,10,12H,5,9,11,22H2;1-2H2;1-2H2. The van der Waals surface area contributed by atoms with Gasteiger partial charge in [0.25, 0.3) is 0 Å². The van der Waals surface area contributed by atoms with E-state index in [1.165, 1.54) is 11.3 Å². The van der Waals surface area contributed by atoms with Crippen LogP contribution < -0.4 is 5.73 Å². The fourth-order valence-electron chi connectivity index (χ4n) is 3.15. The van der Waals surface area contributed by atoms with Crippen LogP contribution in [0.15, 0.2) is 136 Å². The SMILES string of the molecule is C=C=C=C=C=C.C=C=C=C=C=C=C.Nc1c(S(=O)CCCCl)sc2nc(-c3cccs3)cc(-c3ccccc3)c12. The summed E-state index contributed by atoms with van der Waals surface area (Å²) in [5.74, 6) is 1.01. The van der Waals surface area contributed by atoms with Crippen molar-refractivity contribution in [3.05, 3.63) is 132 Å². The molecule has 0 saturated carbocycles. The number of benzene rings is 1. The lowest BCUT2D eigenvalue weighted by Crippen LogP contribution is -1.99. The van der Waals surface area contributed by atoms with E-state index in [0.717, 1.165) is 31.9 Å². The Bertz CT molecular complexity index is 1760. The van der Waals surface area contributed by atoms with E-state index in [1.807, 2.05) is 29.6 Å². The fourth-order valence-corrected chi connectivity index (χ4v) is 6.78. The Labute approximate surface area is 250 Å². The largest absolute Gasteiger partial charge is 0.396 e. The Kier molecular flexibility index (Phi) is 14.5. The molecule has 3 nitrogen and oxygen atoms in total. The fraction of sp³-hybridized carbons (Fsp3) is 0.0909. The molecule has 0 aliphatic rings. The van der Waals surface area contributed by atoms with Gasteiger partial charge in [-0.25, -0.2) is 4.98 Å². The van der Waals surface area contributed by atoms with Crippen molar-refractivity contribution < 1.29 is 4.21 Å². The predicted octanol–water partition coefficient (Wildman–Crippen LogP) is 9.01. The van der Waals surface area contributed by atoms with E-state index in [4.69, 9.17) is 22.3 Å². The first-order chi connectivity index (χ1) is 19.5. The monoisotopic (exact) mass is 596 g/mol. The second-order valence-electron chi connectivity index (χ2n) is 7.31. The molecule has 198 valence electrons. The van der Waals surface area contributed by atoms with E-state index in [9.17, 15) is 4.21 Å². The smallest absolute Gasteiger partial charge is 0.127 e. The van der Waals surface area contributed by atoms with Gasteiger partial charge in [0.15, 0.2) is 0 Å². The molecule has 0 aliphatic carbocycles. The molecule has 7 heteroatoms. The molecule has 3 aromatic heterocycles. The van der Waals surface area contributed by atoms with Gasteiger partial charge < -0.3 is 5.73 Å². The molecule has 0 bridgehead atoms. The Balaban J connectivity index is 0.000000360. The molecule has 0 amide bonds. The molecule has 0 spiro atoms. The summed E-state index contributed by atoms with van der Waals surface area (Å²) in [6, 6.07) is 16.3. The number of aromatic nitrogens is 1. The zero-order valence-electron chi connectivity index (χ0n) is 21.7. The second kappa shape index (κ2) is 18.1. The number of fused-ring (bicyclic) bond motifs is 1. The highest BCUT2D eigenvalue weighted by atomic mass is 35.5. The topological polar surface area (TPSA) is 56.0 Å². The zero-order chi connectivity index (χ0) is 29.2. The summed E-state index contributed by atoms with van der Waals surface area (Å²) in [6.45, 7) is 13.0. The molecule has 2 N–H and O–H groups in total. The summed E-state index contributed by atoms with van der Waals surface area (Å²) < 4.78 is 13.4. The average Bonchev–Trinajstić information content (AvgIpc) is 3.64. The minimum Gasteiger partial charge on any atom is -0.396 e. The number of thiophene rings is 2. The first-order valence-corrected chi connectivity index (χ1v) is 15.2. The summed E-state index contributed by atoms with van der Waals surface area (Å²) in [6.07, 6.45) is 0.696. The maximum absolute atomic E-state index is 12.7. The lowest BCUT2D eigenvalue weighted by atomic mass is 10.0. The quantitative estimate of drug-likeness (QED) is 0.178. The van der Waals surface area contributed by atoms with Crippen molar-refractivity contribution in [2.75, 3.05) is 17.4 Å². The van der Waals surface area contributed by atoms with Crippen molar-refractivity contribution in [3.8, 4) is 21.7 Å². The number of hydrogen-bond acceptors (Lipinski definition) is 5. The summed E-state index contributed by atoms with van der Waals surface area (Å²) >= 11 is 8.84. The molecule has 0 aliphatic heterocycles. The molecule has 0 radical (unpaired) electrons. The van der Waals surface area contributed by atoms with Gasteiger partial charge in [0.2, 0.25) is 0 Å². The number of nitrogen functional groups attached to an aromatic ring is 1. The normalized spacial score (nSPS) is 9.53. The lowest BCUT2D eigenvalue weighted by molar-refractivity contribution is 0.683. The van der Waals surface area contributed by atoms with Gasteiger partial charge in [-0.05, 0) is 90.0 Å². The molecular formula is C33H25ClN2OS3. The third-order valence-corrected chi connectivity index (χ3v) is 8.89. The van der Waals surface area contributed by atoms with Crippen molar-refractivity contribution in [1.29, 1.82) is 0 Å². The average molecular weight is 597 g/mol. The van der Waals surface area contributed by atoms with E-state index < -0.39 is 10.8 Å². The Morgan fingerprint density at radius 1 is 0.900 bits per heavy atom. The summed E-state index contributed by atoms with van der Waals surface area (Å²) in [7, 11) is -1.16. The van der Waals surface area contributed by atoms with E-state index >= 15 is 0 Å². The van der Waals surface area contributed by atoms with Gasteiger partial charge in [0.05, 0.1) is 27.1 Å². The van der Waals surface area contributed by atoms with E-state index in [0.29, 0.717) is 28.0 Å². The van der Waals surface area contributed by atoms with Gasteiger partial charge in [-0.1, -0.05) is 59.3 Å². The number of anilines is 1. The molecule has 4 rings (SSSR count). The van der Waals surface area contributed by atoms with Crippen LogP contribution in [0.1, 0.15) is 6.42 Å². The van der Waals surface area contributed by atoms with E-state index in [-0.39, 0.29) is 0 Å². The van der Waals surface area contributed by atoms with Gasteiger partial charge >= 0.3 is 0 Å². The van der Waals surface area contributed by atoms with Crippen molar-refractivity contribution in [2.24, 2.45) is 0 Å². The number of hydrogen-bond donors (Lipinski definition) is 1. The minimum absolute atomic E-state index is 0.493. The third kappa shape index (κ3) is 9.50. The van der Waals surface area contributed by atoms with Gasteiger partial charge in [-0.15, -0.1) is 34.3 Å². The highest BCUT2D eigenvalue weighted by molar-refractivity contribution is 7.87. The number of nitrogens with zero attached hydrogens (tertiary/aromatic N) is 1. The first-order valence-electron chi connectivity index (χ1n) is 11.6. The summed E-state index contributed by atoms with van der Waals surface area (Å²) in [5, 5.41) is 2.93. The van der Waals surface area contributed by atoms with Gasteiger partial charge in [0, 0.05) is 17.0 Å². The van der Waals surface area contributed by atoms with Gasteiger partial charge in [-0.3, -0.25) is 4.21 Å². The second-order valence-corrected chi connectivity index (χ2v) is 11.4. The number of rotatable bonds is 6. The van der Waals surface area contributed by atoms with Crippen LogP contribution in [0, 0.1) is 0 Å². The first kappa shape index (κ1) is 32.0. The van der Waals surface area contributed by atoms with Crippen LogP contribution in [0.4, 0.5) is 5.69 Å². The molecule has 0 fully saturated rings. The molecule has 40 heavy (non-hydrogen) atoms. The molecule has 4 aromatic rings. The van der Waals surface area contributed by atoms with Crippen molar-refractivity contribution >= 4 is 61.0 Å². The maximum Gasteiger partial charge on any atom is 0.127 e. The molecule has 1 atom stereocenters.